The number of carbonyl (C=O) groups is 2. The minimum absolute atomic E-state index is 0.0353. The zero-order valence-corrected chi connectivity index (χ0v) is 19.1. The largest absolute Gasteiger partial charge is 0.493 e. The smallest absolute Gasteiger partial charge is 0.294 e. The number of amides is 2. The summed E-state index contributed by atoms with van der Waals surface area (Å²) in [7, 11) is 2.95. The molecule has 1 aromatic heterocycles. The second-order valence-electron chi connectivity index (χ2n) is 7.63. The minimum Gasteiger partial charge on any atom is -0.493 e. The second kappa shape index (κ2) is 11.0. The van der Waals surface area contributed by atoms with Crippen LogP contribution >= 0.6 is 0 Å². The molecule has 3 aromatic rings. The van der Waals surface area contributed by atoms with Gasteiger partial charge in [-0.3, -0.25) is 20.4 Å². The first-order chi connectivity index (χ1) is 15.9. The average molecular weight is 453 g/mol. The molecule has 2 N–H and O–H groups in total. The summed E-state index contributed by atoms with van der Waals surface area (Å²) in [6.07, 6.45) is 2.50. The van der Waals surface area contributed by atoms with Crippen molar-refractivity contribution in [2.75, 3.05) is 20.8 Å². The fraction of sp³-hybridized carbons (Fsp3) is 0.292. The third-order valence-corrected chi connectivity index (χ3v) is 4.80. The number of nitrogens with one attached hydrogen (secondary N) is 2. The molecule has 3 rings (SSSR count). The van der Waals surface area contributed by atoms with Gasteiger partial charge in [-0.2, -0.15) is 5.10 Å². The SMILES string of the molecule is COc1cc(C(=O)NNC(=O)c2nn(-c3ccccc3)cc2OC)ccc1OCCC(C)C. The van der Waals surface area contributed by atoms with E-state index in [0.717, 1.165) is 12.1 Å². The van der Waals surface area contributed by atoms with Crippen LogP contribution in [-0.4, -0.2) is 42.4 Å². The van der Waals surface area contributed by atoms with Gasteiger partial charge in [0.1, 0.15) is 0 Å². The average Bonchev–Trinajstić information content (AvgIpc) is 3.27. The summed E-state index contributed by atoms with van der Waals surface area (Å²) in [5.41, 5.74) is 5.85. The molecule has 2 aromatic carbocycles. The molecule has 0 aliphatic rings. The van der Waals surface area contributed by atoms with Gasteiger partial charge in [0.2, 0.25) is 0 Å². The molecular weight excluding hydrogens is 424 g/mol. The van der Waals surface area contributed by atoms with Crippen LogP contribution in [0.2, 0.25) is 0 Å². The van der Waals surface area contributed by atoms with Gasteiger partial charge >= 0.3 is 0 Å². The lowest BCUT2D eigenvalue weighted by atomic mass is 10.1. The molecule has 0 bridgehead atoms. The lowest BCUT2D eigenvalue weighted by Crippen LogP contribution is -2.42. The number of nitrogens with zero attached hydrogens (tertiary/aromatic N) is 2. The zero-order valence-electron chi connectivity index (χ0n) is 19.1. The molecule has 2 amide bonds. The van der Waals surface area contributed by atoms with E-state index in [2.05, 4.69) is 29.8 Å². The van der Waals surface area contributed by atoms with Crippen molar-refractivity contribution in [1.29, 1.82) is 0 Å². The summed E-state index contributed by atoms with van der Waals surface area (Å²) in [6.45, 7) is 4.78. The van der Waals surface area contributed by atoms with Gasteiger partial charge in [0.05, 0.1) is 32.7 Å². The van der Waals surface area contributed by atoms with E-state index in [1.165, 1.54) is 18.9 Å². The molecule has 33 heavy (non-hydrogen) atoms. The van der Waals surface area contributed by atoms with Crippen LogP contribution in [0.15, 0.2) is 54.7 Å². The molecule has 1 heterocycles. The van der Waals surface area contributed by atoms with Crippen LogP contribution in [0, 0.1) is 5.92 Å². The molecule has 9 nitrogen and oxygen atoms in total. The summed E-state index contributed by atoms with van der Waals surface area (Å²) >= 11 is 0. The molecule has 0 spiro atoms. The number of hydrazine groups is 1. The first kappa shape index (κ1) is 23.6. The number of rotatable bonds is 9. The third-order valence-electron chi connectivity index (χ3n) is 4.80. The number of hydrogen-bond acceptors (Lipinski definition) is 6. The number of aromatic nitrogens is 2. The predicted molar refractivity (Wildman–Crippen MR) is 123 cm³/mol. The number of carbonyl (C=O) groups excluding carboxylic acids is 2. The summed E-state index contributed by atoms with van der Waals surface area (Å²) in [5, 5.41) is 4.27. The highest BCUT2D eigenvalue weighted by Crippen LogP contribution is 2.28. The van der Waals surface area contributed by atoms with Gasteiger partial charge in [-0.05, 0) is 42.7 Å². The quantitative estimate of drug-likeness (QED) is 0.483. The Morgan fingerprint density at radius 3 is 2.30 bits per heavy atom. The van der Waals surface area contributed by atoms with Crippen LogP contribution < -0.4 is 25.1 Å². The minimum atomic E-state index is -0.615. The standard InChI is InChI=1S/C24H28N4O5/c1-16(2)12-13-33-19-11-10-17(14-20(19)31-3)23(29)25-26-24(30)22-21(32-4)15-28(27-22)18-8-6-5-7-9-18/h5-11,14-16H,12-13H2,1-4H3,(H,25,29)(H,26,30). The van der Waals surface area contributed by atoms with Crippen LogP contribution in [0.4, 0.5) is 0 Å². The van der Waals surface area contributed by atoms with E-state index in [9.17, 15) is 9.59 Å². The molecule has 9 heteroatoms. The van der Waals surface area contributed by atoms with E-state index < -0.39 is 11.8 Å². The Bertz CT molecular complexity index is 1100. The van der Waals surface area contributed by atoms with Gasteiger partial charge in [0.15, 0.2) is 22.9 Å². The summed E-state index contributed by atoms with van der Waals surface area (Å²) in [4.78, 5) is 25.2. The highest BCUT2D eigenvalue weighted by Gasteiger charge is 2.20. The number of para-hydroxylation sites is 1. The summed E-state index contributed by atoms with van der Waals surface area (Å²) in [5.74, 6) is 0.640. The van der Waals surface area contributed by atoms with Gasteiger partial charge in [-0.1, -0.05) is 32.0 Å². The van der Waals surface area contributed by atoms with Crippen molar-refractivity contribution in [3.8, 4) is 22.9 Å². The second-order valence-corrected chi connectivity index (χ2v) is 7.63. The van der Waals surface area contributed by atoms with Crippen LogP contribution in [0.1, 0.15) is 41.1 Å². The number of methoxy groups -OCH3 is 2. The fourth-order valence-corrected chi connectivity index (χ4v) is 2.96. The van der Waals surface area contributed by atoms with Gasteiger partial charge in [0.25, 0.3) is 11.8 Å². The summed E-state index contributed by atoms with van der Waals surface area (Å²) in [6, 6.07) is 14.1. The van der Waals surface area contributed by atoms with Crippen molar-refractivity contribution < 1.29 is 23.8 Å². The predicted octanol–water partition coefficient (Wildman–Crippen LogP) is 3.39. The topological polar surface area (TPSA) is 104 Å². The Morgan fingerprint density at radius 1 is 0.939 bits per heavy atom. The van der Waals surface area contributed by atoms with Gasteiger partial charge < -0.3 is 14.2 Å². The van der Waals surface area contributed by atoms with Crippen molar-refractivity contribution in [2.45, 2.75) is 20.3 Å². The summed E-state index contributed by atoms with van der Waals surface area (Å²) < 4.78 is 17.9. The van der Waals surface area contributed by atoms with Crippen LogP contribution in [-0.2, 0) is 0 Å². The van der Waals surface area contributed by atoms with Crippen molar-refractivity contribution >= 4 is 11.8 Å². The van der Waals surface area contributed by atoms with Crippen molar-refractivity contribution in [3.05, 3.63) is 66.0 Å². The van der Waals surface area contributed by atoms with Crippen molar-refractivity contribution in [2.24, 2.45) is 5.92 Å². The lowest BCUT2D eigenvalue weighted by molar-refractivity contribution is 0.0841. The monoisotopic (exact) mass is 452 g/mol. The first-order valence-corrected chi connectivity index (χ1v) is 10.5. The maximum atomic E-state index is 12.6. The maximum Gasteiger partial charge on any atom is 0.294 e. The Kier molecular flexibility index (Phi) is 7.91. The number of hydrogen-bond donors (Lipinski definition) is 2. The molecule has 174 valence electrons. The highest BCUT2D eigenvalue weighted by molar-refractivity contribution is 5.99. The zero-order chi connectivity index (χ0) is 23.8. The Labute approximate surface area is 192 Å². The Morgan fingerprint density at radius 2 is 1.64 bits per heavy atom. The molecule has 0 atom stereocenters. The van der Waals surface area contributed by atoms with E-state index in [1.807, 2.05) is 30.3 Å². The van der Waals surface area contributed by atoms with Crippen LogP contribution in [0.5, 0.6) is 17.2 Å². The van der Waals surface area contributed by atoms with Gasteiger partial charge in [0, 0.05) is 5.56 Å². The lowest BCUT2D eigenvalue weighted by Gasteiger charge is -2.13. The Hall–Kier alpha value is -4.01. The van der Waals surface area contributed by atoms with E-state index in [1.54, 1.807) is 24.4 Å². The molecule has 0 radical (unpaired) electrons. The van der Waals surface area contributed by atoms with E-state index in [-0.39, 0.29) is 11.4 Å². The van der Waals surface area contributed by atoms with E-state index in [4.69, 9.17) is 14.2 Å². The first-order valence-electron chi connectivity index (χ1n) is 10.5. The molecule has 0 saturated heterocycles. The third kappa shape index (κ3) is 6.03. The molecule has 0 saturated carbocycles. The van der Waals surface area contributed by atoms with Crippen LogP contribution in [0.3, 0.4) is 0 Å². The molecule has 0 aliphatic heterocycles. The normalized spacial score (nSPS) is 10.6. The molecule has 0 aliphatic carbocycles. The van der Waals surface area contributed by atoms with Gasteiger partial charge in [-0.15, -0.1) is 0 Å². The number of benzene rings is 2. The molecule has 0 fully saturated rings. The van der Waals surface area contributed by atoms with Crippen molar-refractivity contribution in [3.63, 3.8) is 0 Å². The Balaban J connectivity index is 1.66. The number of ether oxygens (including phenoxy) is 3. The fourth-order valence-electron chi connectivity index (χ4n) is 2.96. The molecule has 0 unspecified atom stereocenters. The van der Waals surface area contributed by atoms with E-state index >= 15 is 0 Å². The van der Waals surface area contributed by atoms with Gasteiger partial charge in [-0.25, -0.2) is 4.68 Å². The maximum absolute atomic E-state index is 12.6. The highest BCUT2D eigenvalue weighted by atomic mass is 16.5. The van der Waals surface area contributed by atoms with Crippen LogP contribution in [0.25, 0.3) is 5.69 Å². The van der Waals surface area contributed by atoms with Crippen molar-refractivity contribution in [1.82, 2.24) is 20.6 Å². The molecular formula is C24H28N4O5. The van der Waals surface area contributed by atoms with E-state index in [0.29, 0.717) is 29.6 Å².